The standard InChI is InChI=1S/C14H8ClF7N2O/c15-9-3-1-8(2-4-9)11-6-5-10(25-11)7-23-24-14(21,22)12(16,17)13(18,19)20/h1-7,24H/b23-7+. The Bertz CT molecular complexity index is 753. The fourth-order valence-corrected chi connectivity index (χ4v) is 1.74. The van der Waals surface area contributed by atoms with Crippen molar-refractivity contribution in [1.82, 2.24) is 5.43 Å². The summed E-state index contributed by atoms with van der Waals surface area (Å²) in [7, 11) is 0. The van der Waals surface area contributed by atoms with E-state index in [-0.39, 0.29) is 11.5 Å². The number of hydrogen-bond acceptors (Lipinski definition) is 3. The number of nitrogens with one attached hydrogen (secondary N) is 1. The van der Waals surface area contributed by atoms with Crippen molar-refractivity contribution in [3.05, 3.63) is 47.2 Å². The first-order valence-electron chi connectivity index (χ1n) is 6.42. The highest BCUT2D eigenvalue weighted by Gasteiger charge is 2.73. The molecule has 1 aromatic heterocycles. The van der Waals surface area contributed by atoms with Crippen LogP contribution in [0.4, 0.5) is 30.7 Å². The van der Waals surface area contributed by atoms with Crippen LogP contribution in [-0.4, -0.2) is 24.4 Å². The topological polar surface area (TPSA) is 37.5 Å². The second-order valence-electron chi connectivity index (χ2n) is 4.73. The highest BCUT2D eigenvalue weighted by molar-refractivity contribution is 6.30. The molecule has 25 heavy (non-hydrogen) atoms. The third kappa shape index (κ3) is 4.06. The predicted octanol–water partition coefficient (Wildman–Crippen LogP) is 5.31. The molecule has 0 bridgehead atoms. The SMILES string of the molecule is FC(F)(F)C(F)(F)C(F)(F)N/N=C/c1ccc(-c2ccc(Cl)cc2)o1. The third-order valence-corrected chi connectivity index (χ3v) is 3.15. The molecular formula is C14H8ClF7N2O. The van der Waals surface area contributed by atoms with Gasteiger partial charge in [0.25, 0.3) is 0 Å². The number of furan rings is 1. The molecule has 0 spiro atoms. The van der Waals surface area contributed by atoms with E-state index in [1.807, 2.05) is 0 Å². The minimum absolute atomic E-state index is 0.149. The summed E-state index contributed by atoms with van der Waals surface area (Å²) in [6.45, 7) is 0. The molecule has 0 saturated heterocycles. The Morgan fingerprint density at radius 1 is 0.920 bits per heavy atom. The smallest absolute Gasteiger partial charge is 0.455 e. The van der Waals surface area contributed by atoms with Crippen LogP contribution in [0.5, 0.6) is 0 Å². The van der Waals surface area contributed by atoms with E-state index in [1.165, 1.54) is 12.1 Å². The van der Waals surface area contributed by atoms with Gasteiger partial charge >= 0.3 is 18.1 Å². The maximum Gasteiger partial charge on any atom is 0.462 e. The molecule has 0 saturated carbocycles. The van der Waals surface area contributed by atoms with Gasteiger partial charge in [-0.05, 0) is 36.4 Å². The lowest BCUT2D eigenvalue weighted by molar-refractivity contribution is -0.361. The molecule has 2 aromatic rings. The van der Waals surface area contributed by atoms with Crippen molar-refractivity contribution >= 4 is 17.8 Å². The lowest BCUT2D eigenvalue weighted by atomic mass is 10.2. The summed E-state index contributed by atoms with van der Waals surface area (Å²) in [5, 5.41) is 3.16. The van der Waals surface area contributed by atoms with Gasteiger partial charge in [-0.25, -0.2) is 5.43 Å². The van der Waals surface area contributed by atoms with Gasteiger partial charge in [0.1, 0.15) is 11.5 Å². The molecule has 2 rings (SSSR count). The number of halogens is 8. The molecule has 0 fully saturated rings. The summed E-state index contributed by atoms with van der Waals surface area (Å²) >= 11 is 5.71. The largest absolute Gasteiger partial charge is 0.462 e. The Hall–Kier alpha value is -2.23. The van der Waals surface area contributed by atoms with E-state index in [0.717, 1.165) is 0 Å². The highest BCUT2D eigenvalue weighted by atomic mass is 35.5. The van der Waals surface area contributed by atoms with Gasteiger partial charge in [0.05, 0.1) is 6.21 Å². The molecular weight excluding hydrogens is 381 g/mol. The van der Waals surface area contributed by atoms with Crippen molar-refractivity contribution in [2.24, 2.45) is 5.10 Å². The second-order valence-corrected chi connectivity index (χ2v) is 5.16. The van der Waals surface area contributed by atoms with Crippen LogP contribution in [0, 0.1) is 0 Å². The molecule has 0 unspecified atom stereocenters. The lowest BCUT2D eigenvalue weighted by Gasteiger charge is -2.27. The van der Waals surface area contributed by atoms with Gasteiger partial charge in [0.15, 0.2) is 0 Å². The molecule has 0 aliphatic carbocycles. The summed E-state index contributed by atoms with van der Waals surface area (Å²) in [6, 6.07) is 3.37. The molecule has 11 heteroatoms. The maximum atomic E-state index is 13.0. The molecule has 0 aliphatic heterocycles. The van der Waals surface area contributed by atoms with Crippen LogP contribution in [-0.2, 0) is 0 Å². The van der Waals surface area contributed by atoms with Crippen LogP contribution in [0.25, 0.3) is 11.3 Å². The van der Waals surface area contributed by atoms with Gasteiger partial charge < -0.3 is 4.42 Å². The van der Waals surface area contributed by atoms with Crippen molar-refractivity contribution in [3.8, 4) is 11.3 Å². The van der Waals surface area contributed by atoms with Crippen molar-refractivity contribution in [2.75, 3.05) is 0 Å². The Labute approximate surface area is 141 Å². The monoisotopic (exact) mass is 388 g/mol. The van der Waals surface area contributed by atoms with Crippen LogP contribution >= 0.6 is 11.6 Å². The average molecular weight is 389 g/mol. The number of rotatable bonds is 5. The molecule has 1 heterocycles. The Kier molecular flexibility index (Phi) is 5.03. The van der Waals surface area contributed by atoms with Gasteiger partial charge in [-0.3, -0.25) is 0 Å². The van der Waals surface area contributed by atoms with Crippen LogP contribution in [0.3, 0.4) is 0 Å². The van der Waals surface area contributed by atoms with Gasteiger partial charge in [-0.15, -0.1) is 0 Å². The van der Waals surface area contributed by atoms with Gasteiger partial charge in [0.2, 0.25) is 0 Å². The van der Waals surface area contributed by atoms with Crippen molar-refractivity contribution in [1.29, 1.82) is 0 Å². The minimum Gasteiger partial charge on any atom is -0.455 e. The van der Waals surface area contributed by atoms with E-state index in [9.17, 15) is 30.7 Å². The highest BCUT2D eigenvalue weighted by Crippen LogP contribution is 2.44. The van der Waals surface area contributed by atoms with E-state index < -0.39 is 18.1 Å². The van der Waals surface area contributed by atoms with E-state index in [4.69, 9.17) is 16.0 Å². The Balaban J connectivity index is 2.09. The lowest BCUT2D eigenvalue weighted by Crippen LogP contribution is -2.58. The number of nitrogens with zero attached hydrogens (tertiary/aromatic N) is 1. The molecule has 0 aliphatic rings. The summed E-state index contributed by atoms with van der Waals surface area (Å²) in [5.41, 5.74) is 1.07. The zero-order valence-electron chi connectivity index (χ0n) is 11.9. The molecule has 1 N–H and O–H groups in total. The number of alkyl halides is 7. The van der Waals surface area contributed by atoms with Gasteiger partial charge in [-0.2, -0.15) is 35.8 Å². The van der Waals surface area contributed by atoms with E-state index in [2.05, 4.69) is 5.10 Å². The maximum absolute atomic E-state index is 13.0. The summed E-state index contributed by atoms with van der Waals surface area (Å²) in [4.78, 5) is 0. The van der Waals surface area contributed by atoms with Gasteiger partial charge in [-0.1, -0.05) is 11.6 Å². The normalized spacial score (nSPS) is 13.4. The van der Waals surface area contributed by atoms with Crippen LogP contribution in [0.15, 0.2) is 45.9 Å². The fourth-order valence-electron chi connectivity index (χ4n) is 1.62. The zero-order valence-corrected chi connectivity index (χ0v) is 12.7. The molecule has 0 amide bonds. The zero-order chi connectivity index (χ0) is 18.9. The molecule has 136 valence electrons. The van der Waals surface area contributed by atoms with E-state index >= 15 is 0 Å². The average Bonchev–Trinajstić information content (AvgIpc) is 2.95. The Morgan fingerprint density at radius 2 is 1.52 bits per heavy atom. The van der Waals surface area contributed by atoms with Gasteiger partial charge in [0, 0.05) is 10.6 Å². The van der Waals surface area contributed by atoms with Crippen LogP contribution in [0.1, 0.15) is 5.76 Å². The molecule has 3 nitrogen and oxygen atoms in total. The number of hydrogen-bond donors (Lipinski definition) is 1. The quantitative estimate of drug-likeness (QED) is 0.326. The van der Waals surface area contributed by atoms with E-state index in [1.54, 1.807) is 24.3 Å². The number of hydrazone groups is 1. The summed E-state index contributed by atoms with van der Waals surface area (Å²) < 4.78 is 92.3. The summed E-state index contributed by atoms with van der Waals surface area (Å²) in [6.07, 6.45) is -5.90. The Morgan fingerprint density at radius 3 is 2.08 bits per heavy atom. The van der Waals surface area contributed by atoms with Crippen LogP contribution in [0.2, 0.25) is 5.02 Å². The predicted molar refractivity (Wildman–Crippen MR) is 75.8 cm³/mol. The van der Waals surface area contributed by atoms with E-state index in [0.29, 0.717) is 22.2 Å². The summed E-state index contributed by atoms with van der Waals surface area (Å²) in [5.74, 6) is -6.16. The molecule has 0 radical (unpaired) electrons. The first-order chi connectivity index (χ1) is 11.4. The minimum atomic E-state index is -6.44. The first kappa shape index (κ1) is 19.1. The molecule has 0 atom stereocenters. The van der Waals surface area contributed by atoms with Crippen LogP contribution < -0.4 is 5.43 Å². The van der Waals surface area contributed by atoms with Crippen molar-refractivity contribution < 1.29 is 35.2 Å². The van der Waals surface area contributed by atoms with Crippen molar-refractivity contribution in [3.63, 3.8) is 0 Å². The molecule has 1 aromatic carbocycles. The first-order valence-corrected chi connectivity index (χ1v) is 6.80. The third-order valence-electron chi connectivity index (χ3n) is 2.90. The fraction of sp³-hybridized carbons (Fsp3) is 0.214. The van der Waals surface area contributed by atoms with Crippen molar-refractivity contribution in [2.45, 2.75) is 18.1 Å². The number of benzene rings is 1. The second kappa shape index (κ2) is 6.58.